The molecule has 2 nitrogen and oxygen atoms in total. The number of hydrogen-bond donors (Lipinski definition) is 0. The second-order valence-corrected chi connectivity index (χ2v) is 7.31. The average Bonchev–Trinajstić information content (AvgIpc) is 2.60. The number of hydrogen-bond acceptors (Lipinski definition) is 2. The van der Waals surface area contributed by atoms with Gasteiger partial charge in [-0.2, -0.15) is 5.26 Å². The molecule has 5 heteroatoms. The van der Waals surface area contributed by atoms with E-state index in [2.05, 4.69) is 40.2 Å². The molecule has 124 valence electrons. The Labute approximate surface area is 155 Å². The highest BCUT2D eigenvalue weighted by molar-refractivity contribution is 9.10. The number of nitriles is 1. The van der Waals surface area contributed by atoms with Crippen molar-refractivity contribution >= 4 is 33.2 Å². The van der Waals surface area contributed by atoms with E-state index in [1.165, 1.54) is 5.56 Å². The maximum absolute atomic E-state index is 14.5. The molecule has 0 saturated carbocycles. The van der Waals surface area contributed by atoms with E-state index in [0.717, 1.165) is 30.4 Å². The molecule has 1 heterocycles. The van der Waals surface area contributed by atoms with Crippen LogP contribution in [0.3, 0.4) is 0 Å². The van der Waals surface area contributed by atoms with Crippen molar-refractivity contribution in [2.75, 3.05) is 18.0 Å². The van der Waals surface area contributed by atoms with Crippen LogP contribution in [0.4, 0.5) is 10.1 Å². The summed E-state index contributed by atoms with van der Waals surface area (Å²) in [6, 6.07) is 13.9. The lowest BCUT2D eigenvalue weighted by Crippen LogP contribution is -2.33. The zero-order chi connectivity index (χ0) is 17.1. The predicted octanol–water partition coefficient (Wildman–Crippen LogP) is 5.69. The second-order valence-electron chi connectivity index (χ2n) is 6.02. The second kappa shape index (κ2) is 7.55. The van der Waals surface area contributed by atoms with Crippen molar-refractivity contribution in [1.29, 1.82) is 5.26 Å². The van der Waals surface area contributed by atoms with E-state index in [-0.39, 0.29) is 11.4 Å². The topological polar surface area (TPSA) is 27.0 Å². The molecule has 2 aromatic rings. The minimum absolute atomic E-state index is 0.0732. The molecule has 0 bridgehead atoms. The molecule has 1 saturated heterocycles. The van der Waals surface area contributed by atoms with Crippen molar-refractivity contribution in [3.63, 3.8) is 0 Å². The summed E-state index contributed by atoms with van der Waals surface area (Å²) in [6.45, 7) is 1.59. The van der Waals surface area contributed by atoms with Crippen LogP contribution in [0.5, 0.6) is 0 Å². The first kappa shape index (κ1) is 17.3. The highest BCUT2D eigenvalue weighted by Crippen LogP contribution is 2.34. The predicted molar refractivity (Wildman–Crippen MR) is 99.1 cm³/mol. The Morgan fingerprint density at radius 2 is 1.83 bits per heavy atom. The standard InChI is InChI=1S/C19H17BrClFN2/c20-16-4-1-13(2-5-16)14-8-11-24(12-9-14)17-6-3-15(7-10-23)18(21)19(17)22/h1-6,14H,7-9,11-12H2. The number of rotatable bonds is 3. The van der Waals surface area contributed by atoms with Crippen molar-refractivity contribution in [3.05, 3.63) is 62.8 Å². The van der Waals surface area contributed by atoms with Crippen molar-refractivity contribution in [3.8, 4) is 6.07 Å². The Bertz CT molecular complexity index is 762. The Morgan fingerprint density at radius 1 is 1.17 bits per heavy atom. The van der Waals surface area contributed by atoms with Crippen LogP contribution in [-0.2, 0) is 6.42 Å². The molecular weight excluding hydrogens is 391 g/mol. The highest BCUT2D eigenvalue weighted by Gasteiger charge is 2.24. The molecule has 24 heavy (non-hydrogen) atoms. The summed E-state index contributed by atoms with van der Waals surface area (Å²) in [5, 5.41) is 8.84. The molecule has 0 unspecified atom stereocenters. The van der Waals surface area contributed by atoms with Crippen molar-refractivity contribution < 1.29 is 4.39 Å². The third-order valence-electron chi connectivity index (χ3n) is 4.59. The van der Waals surface area contributed by atoms with E-state index in [4.69, 9.17) is 16.9 Å². The van der Waals surface area contributed by atoms with Gasteiger partial charge in [0.2, 0.25) is 0 Å². The van der Waals surface area contributed by atoms with Crippen LogP contribution < -0.4 is 4.90 Å². The van der Waals surface area contributed by atoms with Gasteiger partial charge in [-0.25, -0.2) is 4.39 Å². The van der Waals surface area contributed by atoms with Crippen molar-refractivity contribution in [2.24, 2.45) is 0 Å². The number of benzene rings is 2. The smallest absolute Gasteiger partial charge is 0.165 e. The molecule has 0 aromatic heterocycles. The van der Waals surface area contributed by atoms with E-state index in [1.807, 2.05) is 11.0 Å². The van der Waals surface area contributed by atoms with Crippen molar-refractivity contribution in [2.45, 2.75) is 25.2 Å². The fourth-order valence-electron chi connectivity index (χ4n) is 3.23. The van der Waals surface area contributed by atoms with Crippen LogP contribution >= 0.6 is 27.5 Å². The average molecular weight is 408 g/mol. The van der Waals surface area contributed by atoms with E-state index < -0.39 is 5.82 Å². The minimum Gasteiger partial charge on any atom is -0.369 e. The molecule has 1 aliphatic heterocycles. The van der Waals surface area contributed by atoms with Crippen LogP contribution in [0, 0.1) is 17.1 Å². The summed E-state index contributed by atoms with van der Waals surface area (Å²) in [6.07, 6.45) is 2.10. The number of halogens is 3. The van der Waals surface area contributed by atoms with Gasteiger partial charge in [0.15, 0.2) is 5.82 Å². The Morgan fingerprint density at radius 3 is 2.46 bits per heavy atom. The summed E-state index contributed by atoms with van der Waals surface area (Å²) in [5.41, 5.74) is 2.42. The van der Waals surface area contributed by atoms with Gasteiger partial charge < -0.3 is 4.90 Å². The molecule has 0 radical (unpaired) electrons. The monoisotopic (exact) mass is 406 g/mol. The van der Waals surface area contributed by atoms with Crippen LogP contribution in [-0.4, -0.2) is 13.1 Å². The quantitative estimate of drug-likeness (QED) is 0.653. The first-order chi connectivity index (χ1) is 11.6. The molecule has 0 atom stereocenters. The molecule has 3 rings (SSSR count). The highest BCUT2D eigenvalue weighted by atomic mass is 79.9. The van der Waals surface area contributed by atoms with Crippen molar-refractivity contribution in [1.82, 2.24) is 0 Å². The van der Waals surface area contributed by atoms with Crippen LogP contribution in [0.2, 0.25) is 5.02 Å². The fraction of sp³-hybridized carbons (Fsp3) is 0.316. The molecule has 0 amide bonds. The van der Waals surface area contributed by atoms with Gasteiger partial charge in [-0.05, 0) is 48.1 Å². The maximum atomic E-state index is 14.5. The van der Waals surface area contributed by atoms with Gasteiger partial charge in [0.05, 0.1) is 23.2 Å². The SMILES string of the molecule is N#CCc1ccc(N2CCC(c3ccc(Br)cc3)CC2)c(F)c1Cl. The van der Waals surface area contributed by atoms with E-state index in [0.29, 0.717) is 17.2 Å². The van der Waals surface area contributed by atoms with Crippen LogP contribution in [0.15, 0.2) is 40.9 Å². The lowest BCUT2D eigenvalue weighted by molar-refractivity contribution is 0.497. The van der Waals surface area contributed by atoms with Gasteiger partial charge >= 0.3 is 0 Å². The number of anilines is 1. The van der Waals surface area contributed by atoms with E-state index >= 15 is 0 Å². The molecule has 2 aromatic carbocycles. The largest absolute Gasteiger partial charge is 0.369 e. The van der Waals surface area contributed by atoms with Crippen LogP contribution in [0.1, 0.15) is 29.9 Å². The van der Waals surface area contributed by atoms with E-state index in [9.17, 15) is 4.39 Å². The molecule has 0 aliphatic carbocycles. The first-order valence-corrected chi connectivity index (χ1v) is 9.11. The Balaban J connectivity index is 1.72. The van der Waals surface area contributed by atoms with E-state index in [1.54, 1.807) is 12.1 Å². The molecule has 1 fully saturated rings. The van der Waals surface area contributed by atoms with Crippen LogP contribution in [0.25, 0.3) is 0 Å². The third-order valence-corrected chi connectivity index (χ3v) is 5.53. The summed E-state index contributed by atoms with van der Waals surface area (Å²) in [5.74, 6) is 0.0947. The van der Waals surface area contributed by atoms with Gasteiger partial charge in [-0.1, -0.05) is 45.7 Å². The van der Waals surface area contributed by atoms with Gasteiger partial charge in [-0.3, -0.25) is 0 Å². The number of nitrogens with zero attached hydrogens (tertiary/aromatic N) is 2. The summed E-state index contributed by atoms with van der Waals surface area (Å²) in [4.78, 5) is 2.05. The maximum Gasteiger partial charge on any atom is 0.165 e. The summed E-state index contributed by atoms with van der Waals surface area (Å²) >= 11 is 9.54. The number of piperidine rings is 1. The normalized spacial score (nSPS) is 15.3. The molecule has 1 aliphatic rings. The fourth-order valence-corrected chi connectivity index (χ4v) is 3.72. The lowest BCUT2D eigenvalue weighted by Gasteiger charge is -2.34. The Hall–Kier alpha value is -1.57. The zero-order valence-electron chi connectivity index (χ0n) is 13.1. The lowest BCUT2D eigenvalue weighted by atomic mass is 9.89. The summed E-state index contributed by atoms with van der Waals surface area (Å²) in [7, 11) is 0. The van der Waals surface area contributed by atoms with Gasteiger partial charge in [0.25, 0.3) is 0 Å². The Kier molecular flexibility index (Phi) is 5.43. The first-order valence-electron chi connectivity index (χ1n) is 7.94. The van der Waals surface area contributed by atoms with Gasteiger partial charge in [0.1, 0.15) is 0 Å². The third kappa shape index (κ3) is 3.58. The summed E-state index contributed by atoms with van der Waals surface area (Å²) < 4.78 is 15.6. The molecule has 0 spiro atoms. The zero-order valence-corrected chi connectivity index (χ0v) is 15.4. The molecular formula is C19H17BrClFN2. The molecule has 0 N–H and O–H groups in total. The van der Waals surface area contributed by atoms with Gasteiger partial charge in [0, 0.05) is 17.6 Å². The van der Waals surface area contributed by atoms with Gasteiger partial charge in [-0.15, -0.1) is 0 Å². The minimum atomic E-state index is -0.411.